The highest BCUT2D eigenvalue weighted by molar-refractivity contribution is 5.75. The summed E-state index contributed by atoms with van der Waals surface area (Å²) in [6.45, 7) is 4.69. The Morgan fingerprint density at radius 3 is 2.67 bits per heavy atom. The van der Waals surface area contributed by atoms with Crippen LogP contribution in [0.4, 0.5) is 4.39 Å². The molecule has 2 aromatic carbocycles. The van der Waals surface area contributed by atoms with Gasteiger partial charge in [-0.25, -0.2) is 9.37 Å². The first kappa shape index (κ1) is 13.6. The van der Waals surface area contributed by atoms with Crippen LogP contribution >= 0.6 is 0 Å². The van der Waals surface area contributed by atoms with E-state index in [1.54, 1.807) is 6.07 Å². The molecule has 0 spiro atoms. The normalized spacial score (nSPS) is 12.5. The van der Waals surface area contributed by atoms with Crippen LogP contribution in [0.1, 0.15) is 31.2 Å². The van der Waals surface area contributed by atoms with E-state index in [0.29, 0.717) is 12.1 Å². The van der Waals surface area contributed by atoms with Gasteiger partial charge in [0.1, 0.15) is 17.4 Å². The maximum Gasteiger partial charge on any atom is 0.125 e. The summed E-state index contributed by atoms with van der Waals surface area (Å²) in [6.07, 6.45) is 0. The van der Waals surface area contributed by atoms with Gasteiger partial charge in [0.2, 0.25) is 0 Å². The van der Waals surface area contributed by atoms with E-state index in [1.807, 2.05) is 31.2 Å². The average Bonchev–Trinajstić information content (AvgIpc) is 2.90. The van der Waals surface area contributed by atoms with Crippen molar-refractivity contribution in [2.45, 2.75) is 19.8 Å². The molecule has 1 unspecified atom stereocenters. The number of hydrogen-bond acceptors (Lipinski definition) is 2. The van der Waals surface area contributed by atoms with Crippen LogP contribution in [0.2, 0.25) is 0 Å². The van der Waals surface area contributed by atoms with Crippen LogP contribution in [0, 0.1) is 5.82 Å². The van der Waals surface area contributed by atoms with Gasteiger partial charge in [0.05, 0.1) is 17.6 Å². The van der Waals surface area contributed by atoms with Crippen LogP contribution in [0.15, 0.2) is 42.5 Å². The Balaban J connectivity index is 1.90. The van der Waals surface area contributed by atoms with Crippen molar-refractivity contribution < 1.29 is 9.13 Å². The van der Waals surface area contributed by atoms with E-state index in [-0.39, 0.29) is 11.7 Å². The quantitative estimate of drug-likeness (QED) is 0.777. The Bertz CT molecular complexity index is 749. The molecule has 0 aliphatic heterocycles. The lowest BCUT2D eigenvalue weighted by Crippen LogP contribution is -1.99. The van der Waals surface area contributed by atoms with Gasteiger partial charge >= 0.3 is 0 Å². The number of H-pyrrole nitrogens is 1. The lowest BCUT2D eigenvalue weighted by Gasteiger charge is -2.10. The zero-order chi connectivity index (χ0) is 14.8. The molecule has 1 heterocycles. The summed E-state index contributed by atoms with van der Waals surface area (Å²) < 4.78 is 18.7. The summed E-state index contributed by atoms with van der Waals surface area (Å²) in [6, 6.07) is 12.6. The lowest BCUT2D eigenvalue weighted by atomic mass is 10.0. The van der Waals surface area contributed by atoms with Crippen molar-refractivity contribution in [2.24, 2.45) is 0 Å². The number of aromatic nitrogens is 2. The number of halogens is 1. The first-order chi connectivity index (χ1) is 10.2. The van der Waals surface area contributed by atoms with Crippen LogP contribution < -0.4 is 4.74 Å². The largest absolute Gasteiger partial charge is 0.494 e. The van der Waals surface area contributed by atoms with E-state index >= 15 is 0 Å². The standard InChI is InChI=1S/C17H17FN2O/c1-3-21-14-7-4-12(5-8-14)11(2)17-19-15-9-6-13(18)10-16(15)20-17/h4-11H,3H2,1-2H3,(H,19,20). The molecule has 1 aromatic heterocycles. The van der Waals surface area contributed by atoms with Gasteiger partial charge in [-0.05, 0) is 36.8 Å². The fourth-order valence-corrected chi connectivity index (χ4v) is 2.38. The number of benzene rings is 2. The molecule has 3 rings (SSSR count). The maximum atomic E-state index is 13.2. The van der Waals surface area contributed by atoms with Crippen LogP contribution in [-0.2, 0) is 0 Å². The SMILES string of the molecule is CCOc1ccc(C(C)c2nc3cc(F)ccc3[nH]2)cc1. The third kappa shape index (κ3) is 2.75. The minimum absolute atomic E-state index is 0.108. The third-order valence-electron chi connectivity index (χ3n) is 3.56. The van der Waals surface area contributed by atoms with E-state index in [0.717, 1.165) is 22.7 Å². The lowest BCUT2D eigenvalue weighted by molar-refractivity contribution is 0.340. The molecule has 21 heavy (non-hydrogen) atoms. The molecule has 0 aliphatic carbocycles. The third-order valence-corrected chi connectivity index (χ3v) is 3.56. The van der Waals surface area contributed by atoms with Crippen LogP contribution in [-0.4, -0.2) is 16.6 Å². The molecule has 0 saturated carbocycles. The van der Waals surface area contributed by atoms with Crippen molar-refractivity contribution in [1.82, 2.24) is 9.97 Å². The number of fused-ring (bicyclic) bond motifs is 1. The number of imidazole rings is 1. The van der Waals surface area contributed by atoms with Gasteiger partial charge in [0, 0.05) is 12.0 Å². The summed E-state index contributed by atoms with van der Waals surface area (Å²) in [5.41, 5.74) is 2.64. The van der Waals surface area contributed by atoms with Gasteiger partial charge in [-0.3, -0.25) is 0 Å². The predicted molar refractivity (Wildman–Crippen MR) is 81.2 cm³/mol. The highest BCUT2D eigenvalue weighted by Crippen LogP contribution is 2.26. The van der Waals surface area contributed by atoms with Crippen molar-refractivity contribution in [2.75, 3.05) is 6.61 Å². The van der Waals surface area contributed by atoms with Gasteiger partial charge in [0.25, 0.3) is 0 Å². The fourth-order valence-electron chi connectivity index (χ4n) is 2.38. The zero-order valence-electron chi connectivity index (χ0n) is 12.1. The Kier molecular flexibility index (Phi) is 3.60. The van der Waals surface area contributed by atoms with Crippen LogP contribution in [0.5, 0.6) is 5.75 Å². The van der Waals surface area contributed by atoms with Crippen molar-refractivity contribution in [3.63, 3.8) is 0 Å². The van der Waals surface area contributed by atoms with E-state index in [9.17, 15) is 4.39 Å². The number of rotatable bonds is 4. The number of hydrogen-bond donors (Lipinski definition) is 1. The molecule has 108 valence electrons. The molecular weight excluding hydrogens is 267 g/mol. The first-order valence-corrected chi connectivity index (χ1v) is 7.05. The molecule has 0 saturated heterocycles. The summed E-state index contributed by atoms with van der Waals surface area (Å²) in [5.74, 6) is 1.53. The smallest absolute Gasteiger partial charge is 0.125 e. The first-order valence-electron chi connectivity index (χ1n) is 7.05. The number of aromatic amines is 1. The molecule has 4 heteroatoms. The summed E-state index contributed by atoms with van der Waals surface area (Å²) >= 11 is 0. The van der Waals surface area contributed by atoms with Gasteiger partial charge in [0.15, 0.2) is 0 Å². The molecule has 3 nitrogen and oxygen atoms in total. The van der Waals surface area contributed by atoms with E-state index in [4.69, 9.17) is 4.74 Å². The molecule has 1 N–H and O–H groups in total. The summed E-state index contributed by atoms with van der Waals surface area (Å²) in [4.78, 5) is 7.73. The minimum atomic E-state index is -0.269. The minimum Gasteiger partial charge on any atom is -0.494 e. The van der Waals surface area contributed by atoms with Gasteiger partial charge in [-0.15, -0.1) is 0 Å². The van der Waals surface area contributed by atoms with Crippen LogP contribution in [0.25, 0.3) is 11.0 Å². The Hall–Kier alpha value is -2.36. The van der Waals surface area contributed by atoms with Crippen molar-refractivity contribution >= 4 is 11.0 Å². The predicted octanol–water partition coefficient (Wildman–Crippen LogP) is 4.25. The second kappa shape index (κ2) is 5.56. The van der Waals surface area contributed by atoms with E-state index in [1.165, 1.54) is 12.1 Å². The number of ether oxygens (including phenoxy) is 1. The Morgan fingerprint density at radius 1 is 1.19 bits per heavy atom. The molecule has 0 radical (unpaired) electrons. The van der Waals surface area contributed by atoms with Crippen LogP contribution in [0.3, 0.4) is 0 Å². The fraction of sp³-hybridized carbons (Fsp3) is 0.235. The second-order valence-electron chi connectivity index (χ2n) is 5.01. The molecular formula is C17H17FN2O. The van der Waals surface area contributed by atoms with Gasteiger partial charge in [-0.2, -0.15) is 0 Å². The zero-order valence-corrected chi connectivity index (χ0v) is 12.1. The maximum absolute atomic E-state index is 13.2. The molecule has 1 atom stereocenters. The average molecular weight is 284 g/mol. The van der Waals surface area contributed by atoms with Gasteiger partial charge in [-0.1, -0.05) is 19.1 Å². The molecule has 0 fully saturated rings. The number of nitrogens with one attached hydrogen (secondary N) is 1. The monoisotopic (exact) mass is 284 g/mol. The Morgan fingerprint density at radius 2 is 1.95 bits per heavy atom. The van der Waals surface area contributed by atoms with E-state index in [2.05, 4.69) is 16.9 Å². The highest BCUT2D eigenvalue weighted by Gasteiger charge is 2.13. The molecule has 0 bridgehead atoms. The second-order valence-corrected chi connectivity index (χ2v) is 5.01. The van der Waals surface area contributed by atoms with Crippen molar-refractivity contribution in [3.8, 4) is 5.75 Å². The van der Waals surface area contributed by atoms with Crippen molar-refractivity contribution in [1.29, 1.82) is 0 Å². The van der Waals surface area contributed by atoms with Gasteiger partial charge < -0.3 is 9.72 Å². The molecule has 0 amide bonds. The molecule has 0 aliphatic rings. The van der Waals surface area contributed by atoms with Crippen molar-refractivity contribution in [3.05, 3.63) is 59.7 Å². The topological polar surface area (TPSA) is 37.9 Å². The molecule has 3 aromatic rings. The van der Waals surface area contributed by atoms with E-state index < -0.39 is 0 Å². The summed E-state index contributed by atoms with van der Waals surface area (Å²) in [5, 5.41) is 0. The number of nitrogens with zero attached hydrogens (tertiary/aromatic N) is 1. The highest BCUT2D eigenvalue weighted by atomic mass is 19.1. The summed E-state index contributed by atoms with van der Waals surface area (Å²) in [7, 11) is 0. The Labute approximate surface area is 122 Å².